The predicted molar refractivity (Wildman–Crippen MR) is 25.3 cm³/mol. The standard InChI is InChI=1S/C6H5.ClH.Zr/c1-2-4-6-5-3-1;;/h1-5H;1H;/q-1;;+2/p-1. The van der Waals surface area contributed by atoms with Crippen LogP contribution in [0.3, 0.4) is 0 Å². The largest absolute Gasteiger partial charge is 2.00 e. The van der Waals surface area contributed by atoms with Crippen molar-refractivity contribution < 1.29 is 38.6 Å². The van der Waals surface area contributed by atoms with Crippen LogP contribution in [-0.2, 0) is 26.2 Å². The summed E-state index contributed by atoms with van der Waals surface area (Å²) in [5.41, 5.74) is 0. The van der Waals surface area contributed by atoms with Gasteiger partial charge in [0.15, 0.2) is 0 Å². The first-order chi connectivity index (χ1) is 3.00. The molecule has 0 N–H and O–H groups in total. The Morgan fingerprint density at radius 1 is 0.875 bits per heavy atom. The Morgan fingerprint density at radius 2 is 1.38 bits per heavy atom. The van der Waals surface area contributed by atoms with E-state index in [9.17, 15) is 0 Å². The molecule has 0 atom stereocenters. The Hall–Kier alpha value is 0.393. The van der Waals surface area contributed by atoms with Gasteiger partial charge in [-0.25, -0.2) is 0 Å². The van der Waals surface area contributed by atoms with E-state index in [1.54, 1.807) is 0 Å². The summed E-state index contributed by atoms with van der Waals surface area (Å²) in [6.07, 6.45) is 0. The van der Waals surface area contributed by atoms with Crippen molar-refractivity contribution in [2.24, 2.45) is 0 Å². The molecule has 0 fully saturated rings. The molecule has 0 nitrogen and oxygen atoms in total. The van der Waals surface area contributed by atoms with Crippen LogP contribution in [-0.4, -0.2) is 0 Å². The summed E-state index contributed by atoms with van der Waals surface area (Å²) in [5, 5.41) is 0. The Bertz CT molecular complexity index is 80.5. The van der Waals surface area contributed by atoms with Gasteiger partial charge < -0.3 is 12.4 Å². The molecule has 0 bridgehead atoms. The zero-order valence-electron chi connectivity index (χ0n) is 4.26. The zero-order valence-corrected chi connectivity index (χ0v) is 7.48. The van der Waals surface area contributed by atoms with E-state index >= 15 is 0 Å². The normalized spacial score (nSPS) is 6.00. The van der Waals surface area contributed by atoms with Crippen molar-refractivity contribution >= 4 is 0 Å². The fourth-order valence-electron chi connectivity index (χ4n) is 0.342. The molecule has 0 saturated heterocycles. The molecule has 0 unspecified atom stereocenters. The molecule has 1 aromatic carbocycles. The van der Waals surface area contributed by atoms with E-state index in [1.165, 1.54) is 0 Å². The first kappa shape index (κ1) is 11.2. The van der Waals surface area contributed by atoms with Gasteiger partial charge in [0.05, 0.1) is 0 Å². The van der Waals surface area contributed by atoms with E-state index in [0.717, 1.165) is 0 Å². The van der Waals surface area contributed by atoms with Crippen LogP contribution in [0.4, 0.5) is 0 Å². The van der Waals surface area contributed by atoms with Crippen LogP contribution in [0.25, 0.3) is 0 Å². The second-order valence-corrected chi connectivity index (χ2v) is 1.08. The van der Waals surface area contributed by atoms with Gasteiger partial charge in [0.2, 0.25) is 0 Å². The van der Waals surface area contributed by atoms with Gasteiger partial charge in [0.1, 0.15) is 0 Å². The molecule has 0 aliphatic rings. The van der Waals surface area contributed by atoms with Crippen molar-refractivity contribution in [3.8, 4) is 0 Å². The van der Waals surface area contributed by atoms with Gasteiger partial charge in [-0.1, -0.05) is 0 Å². The van der Waals surface area contributed by atoms with Crippen LogP contribution in [0.15, 0.2) is 30.3 Å². The molecule has 0 saturated carbocycles. The van der Waals surface area contributed by atoms with Gasteiger partial charge in [-0.05, 0) is 0 Å². The predicted octanol–water partition coefficient (Wildman–Crippen LogP) is -1.51. The number of rotatable bonds is 0. The molecule has 0 aromatic heterocycles. The van der Waals surface area contributed by atoms with Crippen LogP contribution in [0, 0.1) is 6.07 Å². The van der Waals surface area contributed by atoms with Crippen LogP contribution in [0.5, 0.6) is 0 Å². The van der Waals surface area contributed by atoms with Crippen molar-refractivity contribution in [2.45, 2.75) is 0 Å². The summed E-state index contributed by atoms with van der Waals surface area (Å²) in [6.45, 7) is 0. The van der Waals surface area contributed by atoms with E-state index in [1.807, 2.05) is 30.3 Å². The molecule has 8 heavy (non-hydrogen) atoms. The van der Waals surface area contributed by atoms with Gasteiger partial charge in [-0.15, -0.1) is 0 Å². The van der Waals surface area contributed by atoms with E-state index < -0.39 is 0 Å². The molecule has 0 heterocycles. The van der Waals surface area contributed by atoms with E-state index in [4.69, 9.17) is 0 Å². The van der Waals surface area contributed by atoms with E-state index in [0.29, 0.717) is 0 Å². The Kier molecular flexibility index (Phi) is 10.4. The van der Waals surface area contributed by atoms with E-state index in [-0.39, 0.29) is 38.6 Å². The topological polar surface area (TPSA) is 0 Å². The van der Waals surface area contributed by atoms with Gasteiger partial charge in [-0.3, -0.25) is 0 Å². The monoisotopic (exact) mass is 202 g/mol. The van der Waals surface area contributed by atoms with Gasteiger partial charge in [0.25, 0.3) is 0 Å². The maximum absolute atomic E-state index is 2.89. The summed E-state index contributed by atoms with van der Waals surface area (Å²) < 4.78 is 0. The molecule has 1 rings (SSSR count). The maximum atomic E-state index is 2.89. The van der Waals surface area contributed by atoms with Crippen LogP contribution in [0.1, 0.15) is 0 Å². The van der Waals surface area contributed by atoms with E-state index in [2.05, 4.69) is 6.07 Å². The molecule has 0 aliphatic carbocycles. The van der Waals surface area contributed by atoms with Crippen LogP contribution >= 0.6 is 0 Å². The third-order valence-corrected chi connectivity index (χ3v) is 0.607. The average Bonchev–Trinajstić information content (AvgIpc) is 1.72. The quantitative estimate of drug-likeness (QED) is 0.450. The Morgan fingerprint density at radius 3 is 1.50 bits per heavy atom. The molecular weight excluding hydrogens is 199 g/mol. The van der Waals surface area contributed by atoms with Gasteiger partial charge in [-0.2, -0.15) is 36.4 Å². The maximum Gasteiger partial charge on any atom is 2.00 e. The second-order valence-electron chi connectivity index (χ2n) is 1.08. The van der Waals surface area contributed by atoms with Crippen molar-refractivity contribution in [1.82, 2.24) is 0 Å². The molecular formula is C6H5ClZr. The zero-order chi connectivity index (χ0) is 4.24. The first-order valence-corrected chi connectivity index (χ1v) is 1.91. The summed E-state index contributed by atoms with van der Waals surface area (Å²) in [5.74, 6) is 0. The first-order valence-electron chi connectivity index (χ1n) is 1.91. The van der Waals surface area contributed by atoms with Crippen molar-refractivity contribution in [3.05, 3.63) is 36.4 Å². The van der Waals surface area contributed by atoms with Gasteiger partial charge in [0, 0.05) is 0 Å². The number of benzene rings is 1. The smallest absolute Gasteiger partial charge is 1.00 e. The molecule has 0 aliphatic heterocycles. The summed E-state index contributed by atoms with van der Waals surface area (Å²) in [6, 6.07) is 12.5. The molecule has 0 amide bonds. The fourth-order valence-corrected chi connectivity index (χ4v) is 0.342. The second kappa shape index (κ2) is 7.39. The Balaban J connectivity index is 0. The number of halogens is 1. The third kappa shape index (κ3) is 4.55. The molecule has 40 valence electrons. The van der Waals surface area contributed by atoms with Gasteiger partial charge >= 0.3 is 26.2 Å². The minimum absolute atomic E-state index is 0. The fraction of sp³-hybridized carbons (Fsp3) is 0. The molecule has 0 radical (unpaired) electrons. The third-order valence-electron chi connectivity index (χ3n) is 0.607. The number of hydrogen-bond donors (Lipinski definition) is 0. The summed E-state index contributed by atoms with van der Waals surface area (Å²) in [4.78, 5) is 0. The van der Waals surface area contributed by atoms with Crippen LogP contribution < -0.4 is 12.4 Å². The Labute approximate surface area is 74.8 Å². The minimum atomic E-state index is 0. The van der Waals surface area contributed by atoms with Crippen molar-refractivity contribution in [2.75, 3.05) is 0 Å². The summed E-state index contributed by atoms with van der Waals surface area (Å²) in [7, 11) is 0. The molecule has 1 aromatic rings. The van der Waals surface area contributed by atoms with Crippen molar-refractivity contribution in [1.29, 1.82) is 0 Å². The van der Waals surface area contributed by atoms with Crippen LogP contribution in [0.2, 0.25) is 0 Å². The average molecular weight is 204 g/mol. The molecule has 0 spiro atoms. The number of hydrogen-bond acceptors (Lipinski definition) is 0. The SMILES string of the molecule is [Cl-].[Zr+2].[c-]1ccccc1. The summed E-state index contributed by atoms with van der Waals surface area (Å²) >= 11 is 0. The van der Waals surface area contributed by atoms with Crippen molar-refractivity contribution in [3.63, 3.8) is 0 Å². The minimum Gasteiger partial charge on any atom is -1.00 e. The molecule has 2 heteroatoms.